The number of hydrogen-bond acceptors (Lipinski definition) is 3. The molecule has 170 valence electrons. The molecule has 3 rings (SSSR count). The summed E-state index contributed by atoms with van der Waals surface area (Å²) in [5.74, 6) is 1.20. The van der Waals surface area contributed by atoms with Crippen molar-refractivity contribution < 1.29 is 9.47 Å². The van der Waals surface area contributed by atoms with E-state index in [0.717, 1.165) is 29.7 Å². The van der Waals surface area contributed by atoms with Gasteiger partial charge in [-0.1, -0.05) is 70.1 Å². The second kappa shape index (κ2) is 12.2. The van der Waals surface area contributed by atoms with Crippen molar-refractivity contribution in [3.8, 4) is 11.5 Å². The number of rotatable bonds is 10. The SMILES string of the molecule is CCOc1cc(CNCCc2ccc(Cl)cc2Cl)c(Cl)cc1OCc1ccc(Cl)c(Cl)c1. The van der Waals surface area contributed by atoms with Crippen molar-refractivity contribution in [1.29, 1.82) is 0 Å². The van der Waals surface area contributed by atoms with Crippen LogP contribution < -0.4 is 14.8 Å². The van der Waals surface area contributed by atoms with E-state index in [0.29, 0.717) is 56.4 Å². The normalized spacial score (nSPS) is 10.9. The Morgan fingerprint density at radius 3 is 2.19 bits per heavy atom. The molecule has 0 aromatic heterocycles. The molecule has 0 atom stereocenters. The molecule has 0 aliphatic heterocycles. The number of halogens is 5. The van der Waals surface area contributed by atoms with E-state index in [9.17, 15) is 0 Å². The van der Waals surface area contributed by atoms with Gasteiger partial charge in [-0.15, -0.1) is 0 Å². The summed E-state index contributed by atoms with van der Waals surface area (Å²) in [4.78, 5) is 0. The Balaban J connectivity index is 1.62. The molecule has 0 aliphatic carbocycles. The zero-order valence-corrected chi connectivity index (χ0v) is 21.1. The predicted octanol–water partition coefficient (Wildman–Crippen LogP) is 8.26. The van der Waals surface area contributed by atoms with Gasteiger partial charge in [0.15, 0.2) is 11.5 Å². The number of hydrogen-bond donors (Lipinski definition) is 1. The number of benzene rings is 3. The Morgan fingerprint density at radius 2 is 1.47 bits per heavy atom. The van der Waals surface area contributed by atoms with E-state index in [4.69, 9.17) is 67.5 Å². The lowest BCUT2D eigenvalue weighted by molar-refractivity contribution is 0.269. The minimum absolute atomic E-state index is 0.312. The molecule has 0 fully saturated rings. The van der Waals surface area contributed by atoms with E-state index in [1.165, 1.54) is 0 Å². The van der Waals surface area contributed by atoms with Crippen molar-refractivity contribution in [3.05, 3.63) is 90.3 Å². The van der Waals surface area contributed by atoms with Crippen LogP contribution in [0.1, 0.15) is 23.6 Å². The van der Waals surface area contributed by atoms with E-state index < -0.39 is 0 Å². The van der Waals surface area contributed by atoms with Crippen LogP contribution in [0, 0.1) is 0 Å². The molecule has 0 spiro atoms. The first kappa shape index (κ1) is 25.3. The maximum Gasteiger partial charge on any atom is 0.163 e. The maximum atomic E-state index is 6.52. The maximum absolute atomic E-state index is 6.52. The molecule has 3 aromatic rings. The fraction of sp³-hybridized carbons (Fsp3) is 0.250. The lowest BCUT2D eigenvalue weighted by Gasteiger charge is -2.16. The van der Waals surface area contributed by atoms with Crippen molar-refractivity contribution in [3.63, 3.8) is 0 Å². The molecular weight excluding hydrogens is 512 g/mol. The second-order valence-corrected chi connectivity index (χ2v) is 9.09. The summed E-state index contributed by atoms with van der Waals surface area (Å²) in [6, 6.07) is 14.6. The smallest absolute Gasteiger partial charge is 0.163 e. The molecule has 0 saturated carbocycles. The summed E-state index contributed by atoms with van der Waals surface area (Å²) in [6.07, 6.45) is 0.775. The highest BCUT2D eigenvalue weighted by molar-refractivity contribution is 6.42. The molecule has 0 saturated heterocycles. The van der Waals surface area contributed by atoms with Crippen LogP contribution in [0.5, 0.6) is 11.5 Å². The zero-order chi connectivity index (χ0) is 23.1. The molecule has 8 heteroatoms. The van der Waals surface area contributed by atoms with Crippen LogP contribution in [0.4, 0.5) is 0 Å². The predicted molar refractivity (Wildman–Crippen MR) is 135 cm³/mol. The fourth-order valence-electron chi connectivity index (χ4n) is 3.05. The summed E-state index contributed by atoms with van der Waals surface area (Å²) in [5.41, 5.74) is 2.85. The van der Waals surface area contributed by atoms with Crippen LogP contribution in [0.2, 0.25) is 25.1 Å². The van der Waals surface area contributed by atoms with Gasteiger partial charge in [0.2, 0.25) is 0 Å². The highest BCUT2D eigenvalue weighted by atomic mass is 35.5. The molecule has 32 heavy (non-hydrogen) atoms. The van der Waals surface area contributed by atoms with Gasteiger partial charge in [0.1, 0.15) is 6.61 Å². The summed E-state index contributed by atoms with van der Waals surface area (Å²) in [7, 11) is 0. The molecule has 0 radical (unpaired) electrons. The number of nitrogens with one attached hydrogen (secondary N) is 1. The van der Waals surface area contributed by atoms with Gasteiger partial charge < -0.3 is 14.8 Å². The Bertz CT molecular complexity index is 1070. The van der Waals surface area contributed by atoms with Gasteiger partial charge >= 0.3 is 0 Å². The van der Waals surface area contributed by atoms with Crippen molar-refractivity contribution in [2.45, 2.75) is 26.5 Å². The molecule has 0 heterocycles. The molecular formula is C24H22Cl5NO2. The third-order valence-corrected chi connectivity index (χ3v) is 6.37. The van der Waals surface area contributed by atoms with E-state index in [1.807, 2.05) is 31.2 Å². The van der Waals surface area contributed by atoms with Gasteiger partial charge in [-0.25, -0.2) is 0 Å². The monoisotopic (exact) mass is 531 g/mol. The van der Waals surface area contributed by atoms with Gasteiger partial charge in [-0.3, -0.25) is 0 Å². The summed E-state index contributed by atoms with van der Waals surface area (Å²) in [6.45, 7) is 4.05. The first-order valence-corrected chi connectivity index (χ1v) is 11.9. The van der Waals surface area contributed by atoms with Gasteiger partial charge in [-0.05, 0) is 66.9 Å². The van der Waals surface area contributed by atoms with Crippen molar-refractivity contribution in [2.75, 3.05) is 13.2 Å². The van der Waals surface area contributed by atoms with Crippen molar-refractivity contribution >= 4 is 58.0 Å². The molecule has 3 nitrogen and oxygen atoms in total. The average Bonchev–Trinajstić information content (AvgIpc) is 2.75. The Kier molecular flexibility index (Phi) is 9.66. The highest BCUT2D eigenvalue weighted by Crippen LogP contribution is 2.34. The average molecular weight is 534 g/mol. The highest BCUT2D eigenvalue weighted by Gasteiger charge is 2.12. The topological polar surface area (TPSA) is 30.5 Å². The number of ether oxygens (including phenoxy) is 2. The first-order valence-electron chi connectivity index (χ1n) is 10.0. The van der Waals surface area contributed by atoms with Gasteiger partial charge in [-0.2, -0.15) is 0 Å². The molecule has 3 aromatic carbocycles. The Morgan fingerprint density at radius 1 is 0.719 bits per heavy atom. The van der Waals surface area contributed by atoms with Crippen LogP contribution in [0.25, 0.3) is 0 Å². The third-order valence-electron chi connectivity index (χ3n) is 4.69. The molecule has 0 bridgehead atoms. The standard InChI is InChI=1S/C24H22Cl5NO2/c1-2-31-23-10-17(13-30-8-7-16-4-5-18(25)11-20(16)27)21(28)12-24(23)32-14-15-3-6-19(26)22(29)9-15/h3-6,9-12,30H,2,7-8,13-14H2,1H3. The van der Waals surface area contributed by atoms with Gasteiger partial charge in [0, 0.05) is 27.7 Å². The lowest BCUT2D eigenvalue weighted by Crippen LogP contribution is -2.17. The first-order chi connectivity index (χ1) is 15.4. The minimum atomic E-state index is 0.312. The second-order valence-electron chi connectivity index (χ2n) is 7.02. The molecule has 1 N–H and O–H groups in total. The minimum Gasteiger partial charge on any atom is -0.490 e. The quantitative estimate of drug-likeness (QED) is 0.266. The molecule has 0 unspecified atom stereocenters. The largest absolute Gasteiger partial charge is 0.490 e. The summed E-state index contributed by atoms with van der Waals surface area (Å²) < 4.78 is 11.7. The Labute approximate surface area is 213 Å². The van der Waals surface area contributed by atoms with E-state index in [1.54, 1.807) is 24.3 Å². The lowest BCUT2D eigenvalue weighted by atomic mass is 10.1. The van der Waals surface area contributed by atoms with E-state index in [-0.39, 0.29) is 0 Å². The summed E-state index contributed by atoms with van der Waals surface area (Å²) in [5, 5.41) is 6.26. The van der Waals surface area contributed by atoms with Crippen LogP contribution in [0.3, 0.4) is 0 Å². The van der Waals surface area contributed by atoms with Gasteiger partial charge in [0.25, 0.3) is 0 Å². The third kappa shape index (κ3) is 7.08. The molecule has 0 aliphatic rings. The Hall–Kier alpha value is -1.33. The van der Waals surface area contributed by atoms with Crippen LogP contribution in [-0.4, -0.2) is 13.2 Å². The molecule has 0 amide bonds. The van der Waals surface area contributed by atoms with Crippen molar-refractivity contribution in [2.24, 2.45) is 0 Å². The van der Waals surface area contributed by atoms with Crippen molar-refractivity contribution in [1.82, 2.24) is 5.32 Å². The van der Waals surface area contributed by atoms with Crippen LogP contribution >= 0.6 is 58.0 Å². The van der Waals surface area contributed by atoms with E-state index in [2.05, 4.69) is 5.32 Å². The van der Waals surface area contributed by atoms with Crippen LogP contribution in [-0.2, 0) is 19.6 Å². The zero-order valence-electron chi connectivity index (χ0n) is 17.4. The fourth-order valence-corrected chi connectivity index (χ4v) is 4.10. The van der Waals surface area contributed by atoms with Gasteiger partial charge in [0.05, 0.1) is 16.7 Å². The van der Waals surface area contributed by atoms with E-state index >= 15 is 0 Å². The van der Waals surface area contributed by atoms with Crippen LogP contribution in [0.15, 0.2) is 48.5 Å². The summed E-state index contributed by atoms with van der Waals surface area (Å²) >= 11 is 30.8.